The molecule has 1 N–H and O–H groups in total. The number of aliphatic hydroxyl groups is 1. The fourth-order valence-electron chi connectivity index (χ4n) is 1.91. The zero-order valence-electron chi connectivity index (χ0n) is 5.72. The molecule has 58 valence electrons. The van der Waals surface area contributed by atoms with Crippen molar-refractivity contribution in [1.29, 1.82) is 0 Å². The Bertz CT molecular complexity index is 151. The Morgan fingerprint density at radius 2 is 2.40 bits per heavy atom. The van der Waals surface area contributed by atoms with Crippen LogP contribution in [0.15, 0.2) is 0 Å². The SMILES string of the molecule is OC[C@@]1(F)C[C@@H]2CC[C@H]1O2. The van der Waals surface area contributed by atoms with Gasteiger partial charge in [-0.3, -0.25) is 0 Å². The Hall–Kier alpha value is -0.150. The van der Waals surface area contributed by atoms with Crippen molar-refractivity contribution in [3.63, 3.8) is 0 Å². The maximum atomic E-state index is 13.4. The zero-order valence-corrected chi connectivity index (χ0v) is 5.72. The number of hydrogen-bond donors (Lipinski definition) is 1. The molecule has 0 aromatic carbocycles. The first-order valence-corrected chi connectivity index (χ1v) is 3.70. The van der Waals surface area contributed by atoms with Crippen LogP contribution in [-0.4, -0.2) is 29.6 Å². The first-order valence-electron chi connectivity index (χ1n) is 3.70. The fraction of sp³-hybridized carbons (Fsp3) is 1.00. The van der Waals surface area contributed by atoms with E-state index in [2.05, 4.69) is 0 Å². The van der Waals surface area contributed by atoms with Gasteiger partial charge in [-0.1, -0.05) is 0 Å². The maximum absolute atomic E-state index is 13.4. The smallest absolute Gasteiger partial charge is 0.162 e. The summed E-state index contributed by atoms with van der Waals surface area (Å²) in [5, 5.41) is 8.69. The van der Waals surface area contributed by atoms with Crippen molar-refractivity contribution in [2.24, 2.45) is 0 Å². The average Bonchev–Trinajstić information content (AvgIpc) is 2.46. The fourth-order valence-corrected chi connectivity index (χ4v) is 1.91. The third-order valence-electron chi connectivity index (χ3n) is 2.51. The zero-order chi connectivity index (χ0) is 7.19. The van der Waals surface area contributed by atoms with E-state index in [0.717, 1.165) is 12.8 Å². The van der Waals surface area contributed by atoms with Gasteiger partial charge in [0.1, 0.15) is 0 Å². The van der Waals surface area contributed by atoms with E-state index >= 15 is 0 Å². The molecular formula is C7H11FO2. The van der Waals surface area contributed by atoms with Crippen LogP contribution >= 0.6 is 0 Å². The van der Waals surface area contributed by atoms with Crippen molar-refractivity contribution >= 4 is 0 Å². The van der Waals surface area contributed by atoms with Gasteiger partial charge >= 0.3 is 0 Å². The highest BCUT2D eigenvalue weighted by atomic mass is 19.1. The second kappa shape index (κ2) is 1.92. The Morgan fingerprint density at radius 1 is 1.60 bits per heavy atom. The second-order valence-electron chi connectivity index (χ2n) is 3.22. The number of alkyl halides is 1. The Morgan fingerprint density at radius 3 is 2.70 bits per heavy atom. The lowest BCUT2D eigenvalue weighted by molar-refractivity contribution is -0.00149. The van der Waals surface area contributed by atoms with Crippen LogP contribution in [0.4, 0.5) is 4.39 Å². The van der Waals surface area contributed by atoms with Gasteiger partial charge in [0.05, 0.1) is 18.8 Å². The van der Waals surface area contributed by atoms with E-state index in [1.165, 1.54) is 0 Å². The molecule has 2 heterocycles. The van der Waals surface area contributed by atoms with Gasteiger partial charge in [0.2, 0.25) is 0 Å². The number of fused-ring (bicyclic) bond motifs is 2. The van der Waals surface area contributed by atoms with Crippen LogP contribution in [0.2, 0.25) is 0 Å². The minimum atomic E-state index is -1.41. The van der Waals surface area contributed by atoms with Crippen molar-refractivity contribution in [3.05, 3.63) is 0 Å². The van der Waals surface area contributed by atoms with E-state index in [-0.39, 0.29) is 18.8 Å². The van der Waals surface area contributed by atoms with Gasteiger partial charge in [-0.15, -0.1) is 0 Å². The van der Waals surface area contributed by atoms with Gasteiger partial charge in [-0.2, -0.15) is 0 Å². The van der Waals surface area contributed by atoms with Crippen LogP contribution < -0.4 is 0 Å². The van der Waals surface area contributed by atoms with Gasteiger partial charge in [0.25, 0.3) is 0 Å². The number of hydrogen-bond acceptors (Lipinski definition) is 2. The van der Waals surface area contributed by atoms with Crippen molar-refractivity contribution in [3.8, 4) is 0 Å². The lowest BCUT2D eigenvalue weighted by Gasteiger charge is -2.23. The molecule has 2 saturated heterocycles. The maximum Gasteiger partial charge on any atom is 0.162 e. The van der Waals surface area contributed by atoms with E-state index in [0.29, 0.717) is 6.42 Å². The standard InChI is InChI=1S/C7H11FO2/c8-7(4-9)3-5-1-2-6(7)10-5/h5-6,9H,1-4H2/t5-,6+,7-/m0/s1. The summed E-state index contributed by atoms with van der Waals surface area (Å²) in [4.78, 5) is 0. The largest absolute Gasteiger partial charge is 0.393 e. The summed E-state index contributed by atoms with van der Waals surface area (Å²) in [6.07, 6.45) is 1.91. The summed E-state index contributed by atoms with van der Waals surface area (Å²) in [6, 6.07) is 0. The van der Waals surface area contributed by atoms with E-state index in [1.807, 2.05) is 0 Å². The van der Waals surface area contributed by atoms with E-state index in [9.17, 15) is 4.39 Å². The van der Waals surface area contributed by atoms with Crippen LogP contribution in [0, 0.1) is 0 Å². The summed E-state index contributed by atoms with van der Waals surface area (Å²) in [5.74, 6) is 0. The van der Waals surface area contributed by atoms with E-state index in [4.69, 9.17) is 9.84 Å². The summed E-state index contributed by atoms with van der Waals surface area (Å²) >= 11 is 0. The third-order valence-corrected chi connectivity index (χ3v) is 2.51. The number of ether oxygens (including phenoxy) is 1. The summed E-state index contributed by atoms with van der Waals surface area (Å²) in [5.41, 5.74) is -1.41. The monoisotopic (exact) mass is 146 g/mol. The molecule has 3 heteroatoms. The Labute approximate surface area is 59.0 Å². The van der Waals surface area contributed by atoms with Gasteiger partial charge in [0.15, 0.2) is 5.67 Å². The molecule has 2 bridgehead atoms. The van der Waals surface area contributed by atoms with Crippen molar-refractivity contribution in [2.75, 3.05) is 6.61 Å². The molecule has 0 aromatic heterocycles. The third kappa shape index (κ3) is 0.705. The molecule has 2 fully saturated rings. The summed E-state index contributed by atoms with van der Waals surface area (Å²) < 4.78 is 18.6. The molecule has 0 saturated carbocycles. The Balaban J connectivity index is 2.14. The van der Waals surface area contributed by atoms with Crippen LogP contribution in [0.1, 0.15) is 19.3 Å². The van der Waals surface area contributed by atoms with Gasteiger partial charge < -0.3 is 9.84 Å². The van der Waals surface area contributed by atoms with Crippen molar-refractivity contribution in [1.82, 2.24) is 0 Å². The minimum Gasteiger partial charge on any atom is -0.393 e. The van der Waals surface area contributed by atoms with Gasteiger partial charge in [-0.25, -0.2) is 4.39 Å². The molecule has 0 amide bonds. The predicted octanol–water partition coefficient (Wildman–Crippen LogP) is 0.638. The lowest BCUT2D eigenvalue weighted by Crippen LogP contribution is -2.38. The molecule has 2 aliphatic rings. The quantitative estimate of drug-likeness (QED) is 0.588. The number of aliphatic hydroxyl groups excluding tert-OH is 1. The summed E-state index contributed by atoms with van der Waals surface area (Å²) in [7, 11) is 0. The molecule has 0 radical (unpaired) electrons. The Kier molecular flexibility index (Phi) is 1.26. The first kappa shape index (κ1) is 6.55. The molecular weight excluding hydrogens is 135 g/mol. The highest BCUT2D eigenvalue weighted by molar-refractivity contribution is 5.01. The minimum absolute atomic E-state index is 0.0853. The van der Waals surface area contributed by atoms with Crippen LogP contribution in [-0.2, 0) is 4.74 Å². The van der Waals surface area contributed by atoms with E-state index < -0.39 is 5.67 Å². The lowest BCUT2D eigenvalue weighted by atomic mass is 9.87. The van der Waals surface area contributed by atoms with Crippen LogP contribution in [0.5, 0.6) is 0 Å². The number of rotatable bonds is 1. The normalized spacial score (nSPS) is 52.2. The highest BCUT2D eigenvalue weighted by Crippen LogP contribution is 2.43. The molecule has 0 aliphatic carbocycles. The van der Waals surface area contributed by atoms with Crippen molar-refractivity contribution < 1.29 is 14.2 Å². The molecule has 0 spiro atoms. The topological polar surface area (TPSA) is 29.5 Å². The molecule has 10 heavy (non-hydrogen) atoms. The average molecular weight is 146 g/mol. The van der Waals surface area contributed by atoms with Crippen molar-refractivity contribution in [2.45, 2.75) is 37.1 Å². The molecule has 0 unspecified atom stereocenters. The second-order valence-corrected chi connectivity index (χ2v) is 3.22. The molecule has 0 aromatic rings. The molecule has 3 atom stereocenters. The molecule has 2 nitrogen and oxygen atoms in total. The predicted molar refractivity (Wildman–Crippen MR) is 33.4 cm³/mol. The van der Waals surface area contributed by atoms with Gasteiger partial charge in [-0.05, 0) is 12.8 Å². The number of halogens is 1. The van der Waals surface area contributed by atoms with Gasteiger partial charge in [0, 0.05) is 6.42 Å². The van der Waals surface area contributed by atoms with Crippen LogP contribution in [0.3, 0.4) is 0 Å². The first-order chi connectivity index (χ1) is 4.74. The molecule has 2 rings (SSSR count). The van der Waals surface area contributed by atoms with Crippen LogP contribution in [0.25, 0.3) is 0 Å². The van der Waals surface area contributed by atoms with E-state index in [1.54, 1.807) is 0 Å². The highest BCUT2D eigenvalue weighted by Gasteiger charge is 2.52. The summed E-state index contributed by atoms with van der Waals surface area (Å²) in [6.45, 7) is -0.381. The molecule has 2 aliphatic heterocycles.